The number of rotatable bonds is 4. The van der Waals surface area contributed by atoms with Crippen molar-refractivity contribution in [3.8, 4) is 0 Å². The summed E-state index contributed by atoms with van der Waals surface area (Å²) in [5.41, 5.74) is 7.64. The Labute approximate surface area is 125 Å². The smallest absolute Gasteiger partial charge is 0.265 e. The van der Waals surface area contributed by atoms with E-state index in [1.165, 1.54) is 0 Å². The van der Waals surface area contributed by atoms with Crippen LogP contribution in [0.15, 0.2) is 27.6 Å². The molecular weight excluding hydrogens is 344 g/mol. The Hall–Kier alpha value is -1.38. The third kappa shape index (κ3) is 2.72. The Kier molecular flexibility index (Phi) is 4.17. The number of hydrogen-bond acceptors (Lipinski definition) is 4. The van der Waals surface area contributed by atoms with E-state index in [-0.39, 0.29) is 11.4 Å². The number of hydrogen-bond donors (Lipinski definition) is 3. The normalized spacial score (nSPS) is 11.6. The van der Waals surface area contributed by atoms with E-state index in [1.54, 1.807) is 19.1 Å². The van der Waals surface area contributed by atoms with E-state index in [9.17, 15) is 8.42 Å². The molecule has 0 atom stereocenters. The van der Waals surface area contributed by atoms with Crippen molar-refractivity contribution in [3.63, 3.8) is 0 Å². The molecule has 0 bridgehead atoms. The fraction of sp³-hybridized carbons (Fsp3) is 0.250. The van der Waals surface area contributed by atoms with E-state index in [0.29, 0.717) is 17.1 Å². The number of nitrogens with zero attached hydrogens (tertiary/aromatic N) is 1. The van der Waals surface area contributed by atoms with Gasteiger partial charge in [0.05, 0.1) is 17.1 Å². The highest BCUT2D eigenvalue weighted by atomic mass is 79.9. The van der Waals surface area contributed by atoms with Gasteiger partial charge in [0.2, 0.25) is 0 Å². The second-order valence-corrected chi connectivity index (χ2v) is 6.82. The van der Waals surface area contributed by atoms with Gasteiger partial charge >= 0.3 is 0 Å². The lowest BCUT2D eigenvalue weighted by Crippen LogP contribution is -2.17. The Morgan fingerprint density at radius 1 is 1.40 bits per heavy atom. The van der Waals surface area contributed by atoms with Crippen LogP contribution in [0.5, 0.6) is 0 Å². The molecule has 1 heterocycles. The molecule has 1 aromatic carbocycles. The maximum absolute atomic E-state index is 12.5. The molecule has 2 aromatic rings. The fourth-order valence-electron chi connectivity index (χ4n) is 1.88. The monoisotopic (exact) mass is 358 g/mol. The van der Waals surface area contributed by atoms with Crippen molar-refractivity contribution in [2.75, 3.05) is 4.72 Å². The van der Waals surface area contributed by atoms with Crippen molar-refractivity contribution in [2.24, 2.45) is 5.73 Å². The van der Waals surface area contributed by atoms with Crippen LogP contribution < -0.4 is 10.5 Å². The Morgan fingerprint density at radius 3 is 2.75 bits per heavy atom. The largest absolute Gasteiger partial charge is 0.325 e. The van der Waals surface area contributed by atoms with E-state index in [1.807, 2.05) is 13.0 Å². The number of aromatic nitrogens is 2. The van der Waals surface area contributed by atoms with Crippen molar-refractivity contribution < 1.29 is 8.42 Å². The molecule has 8 heteroatoms. The molecule has 0 saturated heterocycles. The lowest BCUT2D eigenvalue weighted by molar-refractivity contribution is 0.599. The summed E-state index contributed by atoms with van der Waals surface area (Å²) < 4.78 is 28.4. The molecule has 108 valence electrons. The molecule has 6 nitrogen and oxygen atoms in total. The second kappa shape index (κ2) is 5.55. The molecule has 0 aliphatic heterocycles. The molecule has 2 rings (SSSR count). The lowest BCUT2D eigenvalue weighted by Gasteiger charge is -2.12. The first kappa shape index (κ1) is 15.0. The van der Waals surface area contributed by atoms with Gasteiger partial charge in [-0.3, -0.25) is 9.82 Å². The van der Waals surface area contributed by atoms with Crippen LogP contribution in [0, 0.1) is 13.8 Å². The average molecular weight is 359 g/mol. The summed E-state index contributed by atoms with van der Waals surface area (Å²) in [5, 5.41) is 6.55. The maximum atomic E-state index is 12.5. The summed E-state index contributed by atoms with van der Waals surface area (Å²) in [5.74, 6) is 0. The molecule has 0 amide bonds. The van der Waals surface area contributed by atoms with Crippen LogP contribution in [-0.4, -0.2) is 18.6 Å². The first-order valence-corrected chi connectivity index (χ1v) is 8.16. The molecular formula is C12H15BrN4O2S. The van der Waals surface area contributed by atoms with E-state index >= 15 is 0 Å². The fourth-order valence-corrected chi connectivity index (χ4v) is 3.74. The van der Waals surface area contributed by atoms with Crippen LogP contribution in [0.25, 0.3) is 0 Å². The standard InChI is InChI=1S/C12H15BrN4O2S/c1-7-9(13)4-3-5-10(7)17-20(18,19)12-8(2)15-16-11(12)6-14/h3-5,17H,6,14H2,1-2H3,(H,15,16). The minimum absolute atomic E-state index is 0.0536. The molecule has 0 unspecified atom stereocenters. The van der Waals surface area contributed by atoms with Crippen LogP contribution in [-0.2, 0) is 16.6 Å². The molecule has 0 spiro atoms. The summed E-state index contributed by atoms with van der Waals surface area (Å²) in [6.45, 7) is 3.53. The predicted octanol–water partition coefficient (Wildman–Crippen LogP) is 2.05. The number of aryl methyl sites for hydroxylation is 1. The number of sulfonamides is 1. The quantitative estimate of drug-likeness (QED) is 0.778. The van der Waals surface area contributed by atoms with Gasteiger partial charge in [0.15, 0.2) is 0 Å². The van der Waals surface area contributed by atoms with Gasteiger partial charge < -0.3 is 5.73 Å². The van der Waals surface area contributed by atoms with Gasteiger partial charge in [-0.15, -0.1) is 0 Å². The van der Waals surface area contributed by atoms with Crippen LogP contribution >= 0.6 is 15.9 Å². The second-order valence-electron chi connectivity index (χ2n) is 4.35. The van der Waals surface area contributed by atoms with Gasteiger partial charge in [-0.1, -0.05) is 22.0 Å². The van der Waals surface area contributed by atoms with Crippen molar-refractivity contribution in [2.45, 2.75) is 25.3 Å². The zero-order valence-corrected chi connectivity index (χ0v) is 13.5. The van der Waals surface area contributed by atoms with Crippen LogP contribution in [0.2, 0.25) is 0 Å². The zero-order valence-electron chi connectivity index (χ0n) is 11.1. The first-order valence-electron chi connectivity index (χ1n) is 5.88. The highest BCUT2D eigenvalue weighted by molar-refractivity contribution is 9.10. The van der Waals surface area contributed by atoms with Gasteiger partial charge in [-0.2, -0.15) is 5.10 Å². The SMILES string of the molecule is Cc1[nH]nc(CN)c1S(=O)(=O)Nc1cccc(Br)c1C. The van der Waals surface area contributed by atoms with Gasteiger partial charge in [0.1, 0.15) is 4.90 Å². The van der Waals surface area contributed by atoms with Gasteiger partial charge in [-0.25, -0.2) is 8.42 Å². The van der Waals surface area contributed by atoms with E-state index < -0.39 is 10.0 Å². The Balaban J connectivity index is 2.46. The number of nitrogens with one attached hydrogen (secondary N) is 2. The molecule has 20 heavy (non-hydrogen) atoms. The van der Waals surface area contributed by atoms with Crippen LogP contribution in [0.1, 0.15) is 17.0 Å². The first-order chi connectivity index (χ1) is 9.36. The summed E-state index contributed by atoms with van der Waals surface area (Å²) in [7, 11) is -3.73. The minimum Gasteiger partial charge on any atom is -0.325 e. The lowest BCUT2D eigenvalue weighted by atomic mass is 10.2. The van der Waals surface area contributed by atoms with Crippen molar-refractivity contribution in [3.05, 3.63) is 39.6 Å². The highest BCUT2D eigenvalue weighted by Gasteiger charge is 2.24. The number of halogens is 1. The number of H-pyrrole nitrogens is 1. The summed E-state index contributed by atoms with van der Waals surface area (Å²) >= 11 is 3.37. The minimum atomic E-state index is -3.73. The third-order valence-electron chi connectivity index (χ3n) is 2.94. The maximum Gasteiger partial charge on any atom is 0.265 e. The predicted molar refractivity (Wildman–Crippen MR) is 80.9 cm³/mol. The summed E-state index contributed by atoms with van der Waals surface area (Å²) in [6.07, 6.45) is 0. The van der Waals surface area contributed by atoms with E-state index in [0.717, 1.165) is 10.0 Å². The van der Waals surface area contributed by atoms with E-state index in [2.05, 4.69) is 30.8 Å². The summed E-state index contributed by atoms with van der Waals surface area (Å²) in [6, 6.07) is 5.32. The Bertz CT molecular complexity index is 740. The number of nitrogens with two attached hydrogens (primary N) is 1. The molecule has 0 radical (unpaired) electrons. The van der Waals surface area contributed by atoms with Crippen LogP contribution in [0.4, 0.5) is 5.69 Å². The van der Waals surface area contributed by atoms with Gasteiger partial charge in [0.25, 0.3) is 10.0 Å². The molecule has 0 aliphatic rings. The topological polar surface area (TPSA) is 101 Å². The number of anilines is 1. The highest BCUT2D eigenvalue weighted by Crippen LogP contribution is 2.27. The van der Waals surface area contributed by atoms with E-state index in [4.69, 9.17) is 5.73 Å². The number of aromatic amines is 1. The summed E-state index contributed by atoms with van der Waals surface area (Å²) in [4.78, 5) is 0.111. The Morgan fingerprint density at radius 2 is 2.10 bits per heavy atom. The van der Waals surface area contributed by atoms with Crippen LogP contribution in [0.3, 0.4) is 0 Å². The third-order valence-corrected chi connectivity index (χ3v) is 5.36. The molecule has 0 aliphatic carbocycles. The number of benzene rings is 1. The average Bonchev–Trinajstić information content (AvgIpc) is 2.77. The van der Waals surface area contributed by atoms with Crippen molar-refractivity contribution >= 4 is 31.6 Å². The molecule has 1 aromatic heterocycles. The van der Waals surface area contributed by atoms with Crippen molar-refractivity contribution in [1.82, 2.24) is 10.2 Å². The van der Waals surface area contributed by atoms with Gasteiger partial charge in [0, 0.05) is 11.0 Å². The van der Waals surface area contributed by atoms with Gasteiger partial charge in [-0.05, 0) is 31.5 Å². The molecule has 4 N–H and O–H groups in total. The molecule has 0 fully saturated rings. The molecule has 0 saturated carbocycles. The zero-order chi connectivity index (χ0) is 14.9. The van der Waals surface area contributed by atoms with Crippen molar-refractivity contribution in [1.29, 1.82) is 0 Å².